The van der Waals surface area contributed by atoms with E-state index in [0.717, 1.165) is 17.7 Å². The molecule has 0 heterocycles. The summed E-state index contributed by atoms with van der Waals surface area (Å²) in [7, 11) is -9.75. The topological polar surface area (TPSA) is 71.5 Å². The van der Waals surface area contributed by atoms with Gasteiger partial charge in [0.15, 0.2) is 0 Å². The Morgan fingerprint density at radius 3 is 1.52 bits per heavy atom. The lowest BCUT2D eigenvalue weighted by Crippen LogP contribution is -2.30. The Labute approximate surface area is 152 Å². The summed E-state index contributed by atoms with van der Waals surface area (Å²) in [6.07, 6.45) is 0. The molecule has 0 saturated carbocycles. The number of benzene rings is 2. The molecule has 0 aliphatic carbocycles. The average molecular weight is 406 g/mol. The summed E-state index contributed by atoms with van der Waals surface area (Å²) in [6, 6.07) is 9.93. The second-order valence-corrected chi connectivity index (χ2v) is 10.5. The first kappa shape index (κ1) is 19.8. The molecule has 0 radical (unpaired) electrons. The van der Waals surface area contributed by atoms with E-state index in [2.05, 4.69) is 0 Å². The summed E-state index contributed by atoms with van der Waals surface area (Å²) in [4.78, 5) is -0.977. The van der Waals surface area contributed by atoms with E-state index in [1.165, 1.54) is 36.4 Å². The van der Waals surface area contributed by atoms with Crippen LogP contribution >= 0.6 is 11.6 Å². The van der Waals surface area contributed by atoms with Crippen molar-refractivity contribution in [1.29, 1.82) is 0 Å². The average Bonchev–Trinajstić information content (AvgIpc) is 2.53. The molecule has 0 N–H and O–H groups in total. The molecule has 0 unspecified atom stereocenters. The summed E-state index contributed by atoms with van der Waals surface area (Å²) in [5.74, 6) is 0. The number of hydrogen-bond donors (Lipinski definition) is 0. The largest absolute Gasteiger partial charge is 0.283 e. The second-order valence-electron chi connectivity index (χ2n) is 6.39. The van der Waals surface area contributed by atoms with Crippen LogP contribution < -0.4 is 0 Å². The minimum Gasteiger partial charge on any atom is -0.203 e. The normalized spacial score (nSPS) is 13.2. The second kappa shape index (κ2) is 6.68. The first-order valence-electron chi connectivity index (χ1n) is 7.19. The highest BCUT2D eigenvalue weighted by Crippen LogP contribution is 2.28. The lowest BCUT2D eigenvalue weighted by molar-refractivity contribution is 0.250. The highest BCUT2D eigenvalue weighted by atomic mass is 35.5. The van der Waals surface area contributed by atoms with Gasteiger partial charge in [-0.25, -0.2) is 16.8 Å². The first-order chi connectivity index (χ1) is 11.4. The lowest BCUT2D eigenvalue weighted by atomic mass is 9.87. The lowest BCUT2D eigenvalue weighted by Gasteiger charge is -2.19. The maximum atomic E-state index is 14.4. The van der Waals surface area contributed by atoms with E-state index >= 15 is 0 Å². The molecular formula is C16H17ClFNO4S2. The molecule has 2 aromatic carbocycles. The van der Waals surface area contributed by atoms with E-state index in [-0.39, 0.29) is 10.4 Å². The number of halogens is 2. The molecule has 0 aliphatic rings. The fraction of sp³-hybridized carbons (Fsp3) is 0.250. The Hall–Kier alpha value is -1.48. The van der Waals surface area contributed by atoms with Crippen molar-refractivity contribution in [1.82, 2.24) is 3.93 Å². The Kier molecular flexibility index (Phi) is 5.30. The number of rotatable bonds is 4. The predicted octanol–water partition coefficient (Wildman–Crippen LogP) is 3.90. The van der Waals surface area contributed by atoms with Crippen molar-refractivity contribution in [2.24, 2.45) is 0 Å². The number of hydrogen-bond acceptors (Lipinski definition) is 4. The van der Waals surface area contributed by atoms with E-state index in [1.807, 2.05) is 20.8 Å². The molecule has 0 amide bonds. The van der Waals surface area contributed by atoms with Crippen molar-refractivity contribution in [3.05, 3.63) is 59.1 Å². The molecule has 0 atom stereocenters. The minimum atomic E-state index is -4.88. The van der Waals surface area contributed by atoms with Gasteiger partial charge in [0, 0.05) is 5.02 Å². The van der Waals surface area contributed by atoms with Crippen molar-refractivity contribution in [2.75, 3.05) is 0 Å². The van der Waals surface area contributed by atoms with Crippen molar-refractivity contribution < 1.29 is 21.3 Å². The summed E-state index contributed by atoms with van der Waals surface area (Å²) in [5, 5.41) is 0.241. The van der Waals surface area contributed by atoms with Crippen LogP contribution in [0.1, 0.15) is 26.3 Å². The van der Waals surface area contributed by atoms with Crippen molar-refractivity contribution >= 4 is 31.6 Å². The molecule has 0 saturated heterocycles. The predicted molar refractivity (Wildman–Crippen MR) is 93.9 cm³/mol. The van der Waals surface area contributed by atoms with Crippen molar-refractivity contribution in [3.63, 3.8) is 0 Å². The van der Waals surface area contributed by atoms with E-state index in [1.54, 1.807) is 0 Å². The van der Waals surface area contributed by atoms with Gasteiger partial charge in [-0.05, 0) is 47.4 Å². The molecule has 0 aromatic heterocycles. The van der Waals surface area contributed by atoms with Gasteiger partial charge in [-0.1, -0.05) is 44.5 Å². The molecule has 136 valence electrons. The Morgan fingerprint density at radius 1 is 0.800 bits per heavy atom. The van der Waals surface area contributed by atoms with Gasteiger partial charge in [0.25, 0.3) is 20.0 Å². The van der Waals surface area contributed by atoms with E-state index in [0.29, 0.717) is 0 Å². The zero-order chi connectivity index (χ0) is 19.0. The Balaban J connectivity index is 2.43. The molecule has 5 nitrogen and oxygen atoms in total. The van der Waals surface area contributed by atoms with Crippen molar-refractivity contribution in [3.8, 4) is 0 Å². The maximum Gasteiger partial charge on any atom is 0.283 e. The van der Waals surface area contributed by atoms with Crippen LogP contribution in [0.3, 0.4) is 0 Å². The Bertz CT molecular complexity index is 964. The summed E-state index contributed by atoms with van der Waals surface area (Å²) in [5.41, 5.74) is 0.602. The van der Waals surface area contributed by atoms with Crippen LogP contribution in [-0.2, 0) is 25.5 Å². The van der Waals surface area contributed by atoms with Gasteiger partial charge in [0.2, 0.25) is 0 Å². The standard InChI is InChI=1S/C16H17ClFNO4S2/c1-16(2,3)12-4-8-14(9-5-12)24(20,21)19(18)25(22,23)15-10-6-13(17)7-11-15/h4-11H,1-3H3. The summed E-state index contributed by atoms with van der Waals surface area (Å²) >= 11 is 5.66. The van der Waals surface area contributed by atoms with Gasteiger partial charge in [0.1, 0.15) is 0 Å². The van der Waals surface area contributed by atoms with Crippen LogP contribution in [0.15, 0.2) is 58.3 Å². The summed E-state index contributed by atoms with van der Waals surface area (Å²) < 4.78 is 62.4. The van der Waals surface area contributed by atoms with Gasteiger partial charge >= 0.3 is 0 Å². The van der Waals surface area contributed by atoms with E-state index in [9.17, 15) is 21.3 Å². The quantitative estimate of drug-likeness (QED) is 0.723. The van der Waals surface area contributed by atoms with Crippen LogP contribution in [0.4, 0.5) is 4.48 Å². The molecule has 25 heavy (non-hydrogen) atoms. The SMILES string of the molecule is CC(C)(C)c1ccc(S(=O)(=O)N(F)S(=O)(=O)c2ccc(Cl)cc2)cc1. The molecule has 2 rings (SSSR count). The zero-order valence-electron chi connectivity index (χ0n) is 13.8. The molecule has 0 fully saturated rings. The first-order valence-corrected chi connectivity index (χ1v) is 10.4. The zero-order valence-corrected chi connectivity index (χ0v) is 16.2. The van der Waals surface area contributed by atoms with E-state index in [4.69, 9.17) is 11.6 Å². The summed E-state index contributed by atoms with van der Waals surface area (Å²) in [6.45, 7) is 5.80. The highest BCUT2D eigenvalue weighted by molar-refractivity contribution is 8.03. The molecule has 0 spiro atoms. The third kappa shape index (κ3) is 4.03. The minimum absolute atomic E-state index is 0.229. The molecular weight excluding hydrogens is 389 g/mol. The molecule has 0 bridgehead atoms. The van der Waals surface area contributed by atoms with Gasteiger partial charge in [0.05, 0.1) is 13.7 Å². The van der Waals surface area contributed by atoms with Gasteiger partial charge < -0.3 is 0 Å². The van der Waals surface area contributed by atoms with Crippen LogP contribution in [0.25, 0.3) is 0 Å². The van der Waals surface area contributed by atoms with Gasteiger partial charge in [-0.15, -0.1) is 4.48 Å². The molecule has 9 heteroatoms. The fourth-order valence-electron chi connectivity index (χ4n) is 2.03. The molecule has 2 aromatic rings. The van der Waals surface area contributed by atoms with E-state index < -0.39 is 33.8 Å². The van der Waals surface area contributed by atoms with Crippen LogP contribution in [-0.4, -0.2) is 20.8 Å². The van der Waals surface area contributed by atoms with Crippen LogP contribution in [0, 0.1) is 0 Å². The Morgan fingerprint density at radius 2 is 1.16 bits per heavy atom. The number of nitrogens with zero attached hydrogens (tertiary/aromatic N) is 1. The number of sulfonamides is 2. The fourth-order valence-corrected chi connectivity index (χ4v) is 5.00. The van der Waals surface area contributed by atoms with Gasteiger partial charge in [-0.2, -0.15) is 0 Å². The van der Waals surface area contributed by atoms with Gasteiger partial charge in [-0.3, -0.25) is 0 Å². The maximum absolute atomic E-state index is 14.4. The highest BCUT2D eigenvalue weighted by Gasteiger charge is 2.37. The third-order valence-electron chi connectivity index (χ3n) is 3.51. The van der Waals surface area contributed by atoms with Crippen molar-refractivity contribution in [2.45, 2.75) is 36.0 Å². The smallest absolute Gasteiger partial charge is 0.203 e. The van der Waals surface area contributed by atoms with Crippen LogP contribution in [0.2, 0.25) is 5.02 Å². The third-order valence-corrected chi connectivity index (χ3v) is 7.43. The molecule has 0 aliphatic heterocycles. The monoisotopic (exact) mass is 405 g/mol. The van der Waals surface area contributed by atoms with Crippen LogP contribution in [0.5, 0.6) is 0 Å².